The van der Waals surface area contributed by atoms with Crippen LogP contribution in [0, 0.1) is 28.1 Å². The summed E-state index contributed by atoms with van der Waals surface area (Å²) < 4.78 is 5.10. The van der Waals surface area contributed by atoms with Gasteiger partial charge in [-0.25, -0.2) is 0 Å². The summed E-state index contributed by atoms with van der Waals surface area (Å²) in [6.07, 6.45) is 1.89. The van der Waals surface area contributed by atoms with Crippen LogP contribution in [-0.4, -0.2) is 13.4 Å². The minimum Gasteiger partial charge on any atom is -0.497 e. The normalized spacial score (nSPS) is 11.3. The Morgan fingerprint density at radius 2 is 1.85 bits per heavy atom. The number of ether oxygens (including phenoxy) is 1. The lowest BCUT2D eigenvalue weighted by Gasteiger charge is -2.22. The van der Waals surface area contributed by atoms with Gasteiger partial charge in [0.25, 0.3) is 0 Å². The molecule has 1 aromatic rings. The van der Waals surface area contributed by atoms with Gasteiger partial charge in [0.1, 0.15) is 5.75 Å². The Morgan fingerprint density at radius 1 is 1.30 bits per heavy atom. The summed E-state index contributed by atoms with van der Waals surface area (Å²) in [5.41, 5.74) is 0.573. The second kappa shape index (κ2) is 6.84. The van der Waals surface area contributed by atoms with E-state index in [-0.39, 0.29) is 0 Å². The molecular weight excluding hydrogens is 268 g/mol. The average molecular weight is 284 g/mol. The zero-order chi connectivity index (χ0) is 15.2. The van der Waals surface area contributed by atoms with Crippen molar-refractivity contribution in [3.63, 3.8) is 0 Å². The average Bonchev–Trinajstić information content (AvgIpc) is 2.49. The fourth-order valence-electron chi connectivity index (χ4n) is 1.85. The van der Waals surface area contributed by atoms with Crippen molar-refractivity contribution < 1.29 is 4.74 Å². The molecule has 0 saturated carbocycles. The third-order valence-electron chi connectivity index (χ3n) is 3.11. The Morgan fingerprint density at radius 3 is 2.25 bits per heavy atom. The van der Waals surface area contributed by atoms with Gasteiger partial charge in [0.15, 0.2) is 5.41 Å². The minimum atomic E-state index is -1.34. The molecule has 0 saturated heterocycles. The van der Waals surface area contributed by atoms with Crippen LogP contribution < -0.4 is 4.74 Å². The number of nitriles is 2. The first-order chi connectivity index (χ1) is 9.55. The quantitative estimate of drug-likeness (QED) is 0.819. The number of benzene rings is 1. The summed E-state index contributed by atoms with van der Waals surface area (Å²) in [5.74, 6) is 0.720. The number of methoxy groups -OCH3 is 1. The zero-order valence-electron chi connectivity index (χ0n) is 11.8. The fraction of sp³-hybridized carbons (Fsp3) is 0.250. The van der Waals surface area contributed by atoms with Crippen molar-refractivity contribution in [2.24, 2.45) is 5.41 Å². The zero-order valence-corrected chi connectivity index (χ0v) is 12.6. The predicted molar refractivity (Wildman–Crippen MR) is 83.0 cm³/mol. The maximum atomic E-state index is 9.50. The van der Waals surface area contributed by atoms with Gasteiger partial charge in [-0.15, -0.1) is 11.8 Å². The monoisotopic (exact) mass is 284 g/mol. The van der Waals surface area contributed by atoms with Crippen LogP contribution in [0.4, 0.5) is 0 Å². The number of thioether (sulfide) groups is 1. The van der Waals surface area contributed by atoms with E-state index in [0.717, 1.165) is 11.3 Å². The van der Waals surface area contributed by atoms with Gasteiger partial charge in [-0.2, -0.15) is 10.5 Å². The molecule has 0 aliphatic carbocycles. The van der Waals surface area contributed by atoms with Gasteiger partial charge in [-0.1, -0.05) is 18.7 Å². The molecule has 3 nitrogen and oxygen atoms in total. The van der Waals surface area contributed by atoms with Crippen molar-refractivity contribution in [3.05, 3.63) is 47.4 Å². The Balaban J connectivity index is 3.29. The van der Waals surface area contributed by atoms with Crippen molar-refractivity contribution in [1.82, 2.24) is 0 Å². The maximum Gasteiger partial charge on any atom is 0.190 e. The lowest BCUT2D eigenvalue weighted by atomic mass is 9.75. The molecular formula is C16H16N2OS. The number of nitrogens with zero attached hydrogens (tertiary/aromatic N) is 2. The van der Waals surface area contributed by atoms with E-state index < -0.39 is 5.41 Å². The first-order valence-electron chi connectivity index (χ1n) is 5.92. The van der Waals surface area contributed by atoms with Crippen LogP contribution in [-0.2, 0) is 0 Å². The molecule has 0 spiro atoms. The van der Waals surface area contributed by atoms with Gasteiger partial charge in [-0.3, -0.25) is 0 Å². The van der Waals surface area contributed by atoms with Crippen LogP contribution >= 0.6 is 11.8 Å². The van der Waals surface area contributed by atoms with Crippen molar-refractivity contribution >= 4 is 17.3 Å². The molecule has 0 aliphatic heterocycles. The molecule has 0 bridgehead atoms. The van der Waals surface area contributed by atoms with E-state index in [1.165, 1.54) is 11.8 Å². The SMILES string of the molecule is C=C(c1ccc(OC)cc1)C(C#N)(C#N)/C(C)=C/SC. The largest absolute Gasteiger partial charge is 0.497 e. The molecule has 0 radical (unpaired) electrons. The molecule has 0 aromatic heterocycles. The number of hydrogen-bond donors (Lipinski definition) is 0. The third kappa shape index (κ3) is 2.87. The van der Waals surface area contributed by atoms with E-state index in [1.807, 2.05) is 6.26 Å². The van der Waals surface area contributed by atoms with E-state index >= 15 is 0 Å². The number of rotatable bonds is 5. The van der Waals surface area contributed by atoms with Crippen molar-refractivity contribution in [2.45, 2.75) is 6.92 Å². The molecule has 1 rings (SSSR count). The summed E-state index contributed by atoms with van der Waals surface area (Å²) in [7, 11) is 1.59. The highest BCUT2D eigenvalue weighted by molar-refractivity contribution is 8.01. The fourth-order valence-corrected chi connectivity index (χ4v) is 2.38. The molecule has 20 heavy (non-hydrogen) atoms. The second-order valence-corrected chi connectivity index (χ2v) is 4.92. The topological polar surface area (TPSA) is 56.8 Å². The van der Waals surface area contributed by atoms with E-state index in [0.29, 0.717) is 11.1 Å². The Bertz CT molecular complexity index is 589. The number of allylic oxidation sites excluding steroid dienone is 2. The van der Waals surface area contributed by atoms with E-state index in [2.05, 4.69) is 18.7 Å². The molecule has 0 aliphatic rings. The molecule has 4 heteroatoms. The van der Waals surface area contributed by atoms with Gasteiger partial charge >= 0.3 is 0 Å². The van der Waals surface area contributed by atoms with Crippen LogP contribution in [0.3, 0.4) is 0 Å². The highest BCUT2D eigenvalue weighted by Crippen LogP contribution is 2.40. The summed E-state index contributed by atoms with van der Waals surface area (Å²) in [6.45, 7) is 5.74. The first kappa shape index (κ1) is 15.9. The Kier molecular flexibility index (Phi) is 5.43. The van der Waals surface area contributed by atoms with Crippen LogP contribution in [0.15, 0.2) is 41.8 Å². The summed E-state index contributed by atoms with van der Waals surface area (Å²) >= 11 is 1.46. The maximum absolute atomic E-state index is 9.50. The summed E-state index contributed by atoms with van der Waals surface area (Å²) in [5, 5.41) is 20.8. The van der Waals surface area contributed by atoms with Crippen LogP contribution in [0.1, 0.15) is 12.5 Å². The van der Waals surface area contributed by atoms with Crippen molar-refractivity contribution in [1.29, 1.82) is 10.5 Å². The molecule has 0 fully saturated rings. The Hall–Kier alpha value is -2.17. The van der Waals surface area contributed by atoms with Crippen LogP contribution in [0.2, 0.25) is 0 Å². The standard InChI is InChI=1S/C16H16N2OS/c1-12(9-20-4)16(10-17,11-18)13(2)14-5-7-15(19-3)8-6-14/h5-9H,2H2,1,3-4H3/b12-9+. The molecule has 0 heterocycles. The van der Waals surface area contributed by atoms with Crippen LogP contribution in [0.25, 0.3) is 5.57 Å². The molecule has 0 unspecified atom stereocenters. The summed E-state index contributed by atoms with van der Waals surface area (Å²) in [4.78, 5) is 0. The van der Waals surface area contributed by atoms with E-state index in [1.54, 1.807) is 43.7 Å². The van der Waals surface area contributed by atoms with E-state index in [9.17, 15) is 10.5 Å². The van der Waals surface area contributed by atoms with Crippen molar-refractivity contribution in [2.75, 3.05) is 13.4 Å². The van der Waals surface area contributed by atoms with Gasteiger partial charge in [0.2, 0.25) is 0 Å². The Labute approximate surface area is 124 Å². The predicted octanol–water partition coefficient (Wildman–Crippen LogP) is 4.01. The number of hydrogen-bond acceptors (Lipinski definition) is 4. The summed E-state index contributed by atoms with van der Waals surface area (Å²) in [6, 6.07) is 11.4. The van der Waals surface area contributed by atoms with Gasteiger partial charge < -0.3 is 4.74 Å². The molecule has 0 amide bonds. The van der Waals surface area contributed by atoms with Gasteiger partial charge in [0, 0.05) is 0 Å². The minimum absolute atomic E-state index is 0.480. The van der Waals surface area contributed by atoms with Gasteiger partial charge in [0.05, 0.1) is 19.2 Å². The molecule has 102 valence electrons. The molecule has 0 atom stereocenters. The smallest absolute Gasteiger partial charge is 0.190 e. The lowest BCUT2D eigenvalue weighted by molar-refractivity contribution is 0.415. The van der Waals surface area contributed by atoms with E-state index in [4.69, 9.17) is 4.74 Å². The lowest BCUT2D eigenvalue weighted by Crippen LogP contribution is -2.19. The molecule has 0 N–H and O–H groups in total. The highest BCUT2D eigenvalue weighted by atomic mass is 32.2. The first-order valence-corrected chi connectivity index (χ1v) is 7.21. The highest BCUT2D eigenvalue weighted by Gasteiger charge is 2.36. The second-order valence-electron chi connectivity index (χ2n) is 4.22. The molecule has 1 aromatic carbocycles. The van der Waals surface area contributed by atoms with Crippen LogP contribution in [0.5, 0.6) is 5.75 Å². The van der Waals surface area contributed by atoms with Gasteiger partial charge in [-0.05, 0) is 47.4 Å². The third-order valence-corrected chi connectivity index (χ3v) is 3.70. The van der Waals surface area contributed by atoms with Crippen molar-refractivity contribution in [3.8, 4) is 17.9 Å².